The first kappa shape index (κ1) is 12.6. The van der Waals surface area contributed by atoms with Crippen molar-refractivity contribution in [1.29, 1.82) is 0 Å². The summed E-state index contributed by atoms with van der Waals surface area (Å²) in [6, 6.07) is 13.0. The van der Waals surface area contributed by atoms with Crippen LogP contribution in [-0.4, -0.2) is 24.0 Å². The molecule has 1 aromatic rings. The first-order chi connectivity index (χ1) is 8.36. The van der Waals surface area contributed by atoms with E-state index in [1.165, 1.54) is 45.2 Å². The molecule has 2 fully saturated rings. The molecule has 1 aliphatic heterocycles. The minimum atomic E-state index is 0.962. The lowest BCUT2D eigenvalue weighted by Gasteiger charge is -2.41. The lowest BCUT2D eigenvalue weighted by atomic mass is 9.88. The van der Waals surface area contributed by atoms with Crippen LogP contribution in [0.3, 0.4) is 0 Å². The summed E-state index contributed by atoms with van der Waals surface area (Å²) in [4.78, 5) is 2.72. The van der Waals surface area contributed by atoms with E-state index >= 15 is 0 Å². The van der Waals surface area contributed by atoms with Gasteiger partial charge in [-0.15, -0.1) is 0 Å². The van der Waals surface area contributed by atoms with Crippen molar-refractivity contribution in [2.24, 2.45) is 5.92 Å². The van der Waals surface area contributed by atoms with Crippen LogP contribution in [-0.2, 0) is 0 Å². The molecule has 0 amide bonds. The van der Waals surface area contributed by atoms with Crippen LogP contribution in [0.2, 0.25) is 0 Å². The highest BCUT2D eigenvalue weighted by Crippen LogP contribution is 2.28. The molecule has 3 rings (SSSR count). The second-order valence-corrected chi connectivity index (χ2v) is 5.48. The number of piperidine rings is 1. The Balaban J connectivity index is 0.000000153. The number of benzene rings is 1. The van der Waals surface area contributed by atoms with E-state index in [4.69, 9.17) is 0 Å². The molecule has 0 N–H and O–H groups in total. The van der Waals surface area contributed by atoms with Gasteiger partial charge < -0.3 is 4.90 Å². The van der Waals surface area contributed by atoms with Crippen LogP contribution in [0.4, 0.5) is 0 Å². The molecular weight excluding hydrogens is 206 g/mol. The molecule has 1 saturated carbocycles. The first-order valence-corrected chi connectivity index (χ1v) is 7.10. The maximum absolute atomic E-state index is 2.72. The number of nitrogens with zero attached hydrogens (tertiary/aromatic N) is 1. The molecule has 1 atom stereocenters. The maximum Gasteiger partial charge on any atom is 0.00953 e. The van der Waals surface area contributed by atoms with Crippen molar-refractivity contribution in [3.8, 4) is 0 Å². The SMILES string of the molecule is C[C@@H]1CCCN(C2CCC2)C1.c1ccccc1. The molecule has 94 valence electrons. The Hall–Kier alpha value is -0.820. The summed E-state index contributed by atoms with van der Waals surface area (Å²) in [5, 5.41) is 0. The van der Waals surface area contributed by atoms with Gasteiger partial charge in [0, 0.05) is 12.6 Å². The van der Waals surface area contributed by atoms with Crippen LogP contribution in [0.25, 0.3) is 0 Å². The van der Waals surface area contributed by atoms with E-state index in [0.717, 1.165) is 12.0 Å². The molecular formula is C16H25N. The second kappa shape index (κ2) is 6.80. The third-order valence-electron chi connectivity index (χ3n) is 3.95. The van der Waals surface area contributed by atoms with Crippen molar-refractivity contribution < 1.29 is 0 Å². The first-order valence-electron chi connectivity index (χ1n) is 7.10. The average molecular weight is 231 g/mol. The molecule has 1 nitrogen and oxygen atoms in total. The van der Waals surface area contributed by atoms with Crippen LogP contribution in [0.1, 0.15) is 39.0 Å². The minimum Gasteiger partial charge on any atom is -0.300 e. The fourth-order valence-corrected chi connectivity index (χ4v) is 2.69. The lowest BCUT2D eigenvalue weighted by molar-refractivity contribution is 0.0817. The zero-order valence-electron chi connectivity index (χ0n) is 11.0. The Labute approximate surface area is 106 Å². The molecule has 1 heteroatoms. The van der Waals surface area contributed by atoms with Crippen molar-refractivity contribution in [3.63, 3.8) is 0 Å². The summed E-state index contributed by atoms with van der Waals surface area (Å²) >= 11 is 0. The van der Waals surface area contributed by atoms with E-state index in [1.807, 2.05) is 36.4 Å². The molecule has 1 heterocycles. The molecule has 0 radical (unpaired) electrons. The molecule has 0 bridgehead atoms. The second-order valence-electron chi connectivity index (χ2n) is 5.48. The summed E-state index contributed by atoms with van der Waals surface area (Å²) in [5.74, 6) is 0.962. The quantitative estimate of drug-likeness (QED) is 0.707. The third kappa shape index (κ3) is 4.16. The van der Waals surface area contributed by atoms with Gasteiger partial charge in [-0.05, 0) is 38.1 Å². The maximum atomic E-state index is 2.72. The topological polar surface area (TPSA) is 3.24 Å². The van der Waals surface area contributed by atoms with Crippen LogP contribution in [0, 0.1) is 5.92 Å². The van der Waals surface area contributed by atoms with Crippen LogP contribution in [0.5, 0.6) is 0 Å². The average Bonchev–Trinajstić information content (AvgIpc) is 2.30. The molecule has 1 aliphatic carbocycles. The summed E-state index contributed by atoms with van der Waals surface area (Å²) in [6.07, 6.45) is 7.34. The van der Waals surface area contributed by atoms with E-state index in [0.29, 0.717) is 0 Å². The molecule has 17 heavy (non-hydrogen) atoms. The van der Waals surface area contributed by atoms with Crippen LogP contribution < -0.4 is 0 Å². The van der Waals surface area contributed by atoms with Crippen molar-refractivity contribution in [1.82, 2.24) is 4.90 Å². The fourth-order valence-electron chi connectivity index (χ4n) is 2.69. The van der Waals surface area contributed by atoms with Gasteiger partial charge in [0.25, 0.3) is 0 Å². The Morgan fingerprint density at radius 2 is 1.41 bits per heavy atom. The predicted molar refractivity (Wildman–Crippen MR) is 74.1 cm³/mol. The van der Waals surface area contributed by atoms with Gasteiger partial charge in [0.1, 0.15) is 0 Å². The zero-order chi connectivity index (χ0) is 11.9. The van der Waals surface area contributed by atoms with Gasteiger partial charge in [-0.25, -0.2) is 0 Å². The largest absolute Gasteiger partial charge is 0.300 e. The zero-order valence-corrected chi connectivity index (χ0v) is 11.0. The highest BCUT2D eigenvalue weighted by atomic mass is 15.2. The molecule has 0 aromatic heterocycles. The van der Waals surface area contributed by atoms with Crippen molar-refractivity contribution >= 4 is 0 Å². The summed E-state index contributed by atoms with van der Waals surface area (Å²) in [6.45, 7) is 5.16. The standard InChI is InChI=1S/C10H19N.C6H6/c1-9-4-3-7-11(8-9)10-5-2-6-10;1-2-4-6-5-3-1/h9-10H,2-8H2,1H3;1-6H/t9-;/m1./s1. The van der Waals surface area contributed by atoms with E-state index in [9.17, 15) is 0 Å². The molecule has 0 unspecified atom stereocenters. The number of rotatable bonds is 1. The Morgan fingerprint density at radius 1 is 0.824 bits per heavy atom. The van der Waals surface area contributed by atoms with Crippen molar-refractivity contribution in [2.75, 3.05) is 13.1 Å². The smallest absolute Gasteiger partial charge is 0.00953 e. The van der Waals surface area contributed by atoms with Gasteiger partial charge in [-0.3, -0.25) is 0 Å². The molecule has 1 aromatic carbocycles. The molecule has 2 aliphatic rings. The van der Waals surface area contributed by atoms with Crippen molar-refractivity contribution in [3.05, 3.63) is 36.4 Å². The summed E-state index contributed by atoms with van der Waals surface area (Å²) < 4.78 is 0. The van der Waals surface area contributed by atoms with Gasteiger partial charge in [0.2, 0.25) is 0 Å². The Morgan fingerprint density at radius 3 is 1.82 bits per heavy atom. The minimum absolute atomic E-state index is 0.962. The molecule has 1 saturated heterocycles. The fraction of sp³-hybridized carbons (Fsp3) is 0.625. The summed E-state index contributed by atoms with van der Waals surface area (Å²) in [5.41, 5.74) is 0. The van der Waals surface area contributed by atoms with Gasteiger partial charge in [0.05, 0.1) is 0 Å². The number of hydrogen-bond donors (Lipinski definition) is 0. The van der Waals surface area contributed by atoms with Crippen LogP contribution in [0.15, 0.2) is 36.4 Å². The van der Waals surface area contributed by atoms with Crippen molar-refractivity contribution in [2.45, 2.75) is 45.1 Å². The number of hydrogen-bond acceptors (Lipinski definition) is 1. The van der Waals surface area contributed by atoms with Gasteiger partial charge in [0.15, 0.2) is 0 Å². The molecule has 0 spiro atoms. The lowest BCUT2D eigenvalue weighted by Crippen LogP contribution is -2.45. The highest BCUT2D eigenvalue weighted by molar-refractivity contribution is 4.99. The van der Waals surface area contributed by atoms with Gasteiger partial charge in [-0.1, -0.05) is 49.7 Å². The van der Waals surface area contributed by atoms with Gasteiger partial charge in [-0.2, -0.15) is 0 Å². The van der Waals surface area contributed by atoms with E-state index < -0.39 is 0 Å². The van der Waals surface area contributed by atoms with E-state index in [-0.39, 0.29) is 0 Å². The van der Waals surface area contributed by atoms with Crippen LogP contribution >= 0.6 is 0 Å². The van der Waals surface area contributed by atoms with E-state index in [1.54, 1.807) is 0 Å². The van der Waals surface area contributed by atoms with Gasteiger partial charge >= 0.3 is 0 Å². The van der Waals surface area contributed by atoms with E-state index in [2.05, 4.69) is 11.8 Å². The number of likely N-dealkylation sites (tertiary alicyclic amines) is 1. The Kier molecular flexibility index (Phi) is 5.06. The third-order valence-corrected chi connectivity index (χ3v) is 3.95. The predicted octanol–water partition coefficient (Wildman–Crippen LogP) is 3.96. The Bertz CT molecular complexity index is 265. The monoisotopic (exact) mass is 231 g/mol. The normalized spacial score (nSPS) is 25.6. The summed E-state index contributed by atoms with van der Waals surface area (Å²) in [7, 11) is 0. The highest BCUT2D eigenvalue weighted by Gasteiger charge is 2.27.